The van der Waals surface area contributed by atoms with E-state index < -0.39 is 0 Å². The van der Waals surface area contributed by atoms with Gasteiger partial charge in [-0.25, -0.2) is 4.98 Å². The standard InChI is InChI=1S/C13H14N4OS/c1-9-7-19-12-11(9)14-8-17(13(12)18)6-4-10-3-5-15-16(10)2/h3,5,7-8H,4,6H2,1-2H3. The Labute approximate surface area is 114 Å². The predicted molar refractivity (Wildman–Crippen MR) is 75.5 cm³/mol. The molecule has 0 radical (unpaired) electrons. The van der Waals surface area contributed by atoms with E-state index in [-0.39, 0.29) is 5.56 Å². The minimum Gasteiger partial charge on any atom is -0.298 e. The zero-order valence-corrected chi connectivity index (χ0v) is 11.6. The molecule has 0 aromatic carbocycles. The second kappa shape index (κ2) is 4.62. The summed E-state index contributed by atoms with van der Waals surface area (Å²) in [6.07, 6.45) is 4.18. The fourth-order valence-electron chi connectivity index (χ4n) is 2.10. The van der Waals surface area contributed by atoms with E-state index in [0.29, 0.717) is 6.54 Å². The molecule has 0 aliphatic carbocycles. The lowest BCUT2D eigenvalue weighted by molar-refractivity contribution is 0.619. The molecular formula is C13H14N4OS. The number of nitrogens with zero attached hydrogens (tertiary/aromatic N) is 4. The number of fused-ring (bicyclic) bond motifs is 1. The summed E-state index contributed by atoms with van der Waals surface area (Å²) in [4.78, 5) is 16.7. The van der Waals surface area contributed by atoms with Gasteiger partial charge >= 0.3 is 0 Å². The topological polar surface area (TPSA) is 52.7 Å². The van der Waals surface area contributed by atoms with Gasteiger partial charge < -0.3 is 0 Å². The molecule has 0 unspecified atom stereocenters. The lowest BCUT2D eigenvalue weighted by Crippen LogP contribution is -2.21. The maximum atomic E-state index is 12.3. The van der Waals surface area contributed by atoms with E-state index in [1.54, 1.807) is 17.1 Å². The van der Waals surface area contributed by atoms with Crippen LogP contribution < -0.4 is 5.56 Å². The maximum absolute atomic E-state index is 12.3. The summed E-state index contributed by atoms with van der Waals surface area (Å²) in [5, 5.41) is 6.10. The molecule has 5 nitrogen and oxygen atoms in total. The molecule has 0 saturated heterocycles. The van der Waals surface area contributed by atoms with Crippen molar-refractivity contribution in [3.63, 3.8) is 0 Å². The highest BCUT2D eigenvalue weighted by Crippen LogP contribution is 2.19. The van der Waals surface area contributed by atoms with Crippen molar-refractivity contribution in [2.45, 2.75) is 19.9 Å². The lowest BCUT2D eigenvalue weighted by Gasteiger charge is -2.05. The number of hydrogen-bond acceptors (Lipinski definition) is 4. The molecule has 0 atom stereocenters. The summed E-state index contributed by atoms with van der Waals surface area (Å²) in [5.74, 6) is 0. The first-order valence-electron chi connectivity index (χ1n) is 6.07. The van der Waals surface area contributed by atoms with E-state index in [1.165, 1.54) is 11.3 Å². The molecule has 0 saturated carbocycles. The van der Waals surface area contributed by atoms with Gasteiger partial charge in [0.1, 0.15) is 4.70 Å². The van der Waals surface area contributed by atoms with Crippen LogP contribution in [0.5, 0.6) is 0 Å². The van der Waals surface area contributed by atoms with Crippen LogP contribution in [0.2, 0.25) is 0 Å². The van der Waals surface area contributed by atoms with Gasteiger partial charge in [-0.2, -0.15) is 5.10 Å². The van der Waals surface area contributed by atoms with Crippen LogP contribution in [0, 0.1) is 6.92 Å². The van der Waals surface area contributed by atoms with Gasteiger partial charge in [0, 0.05) is 31.9 Å². The first-order chi connectivity index (χ1) is 9.16. The fraction of sp³-hybridized carbons (Fsp3) is 0.308. The zero-order chi connectivity index (χ0) is 13.4. The first-order valence-corrected chi connectivity index (χ1v) is 6.95. The van der Waals surface area contributed by atoms with Crippen molar-refractivity contribution >= 4 is 21.6 Å². The fourth-order valence-corrected chi connectivity index (χ4v) is 3.05. The highest BCUT2D eigenvalue weighted by molar-refractivity contribution is 7.17. The number of rotatable bonds is 3. The van der Waals surface area contributed by atoms with E-state index in [2.05, 4.69) is 10.1 Å². The van der Waals surface area contributed by atoms with Crippen LogP contribution >= 0.6 is 11.3 Å². The van der Waals surface area contributed by atoms with Crippen molar-refractivity contribution in [3.05, 3.63) is 45.6 Å². The van der Waals surface area contributed by atoms with Crippen LogP contribution in [0.4, 0.5) is 0 Å². The average molecular weight is 274 g/mol. The molecule has 0 spiro atoms. The molecule has 0 aliphatic heterocycles. The number of aromatic nitrogens is 4. The van der Waals surface area contributed by atoms with Crippen LogP contribution in [0.25, 0.3) is 10.2 Å². The van der Waals surface area contributed by atoms with Gasteiger partial charge in [-0.3, -0.25) is 14.0 Å². The van der Waals surface area contributed by atoms with Crippen molar-refractivity contribution in [1.29, 1.82) is 0 Å². The number of aryl methyl sites for hydroxylation is 4. The second-order valence-corrected chi connectivity index (χ2v) is 5.42. The van der Waals surface area contributed by atoms with Crippen molar-refractivity contribution < 1.29 is 0 Å². The summed E-state index contributed by atoms with van der Waals surface area (Å²) in [6.45, 7) is 2.60. The third kappa shape index (κ3) is 2.08. The van der Waals surface area contributed by atoms with Gasteiger partial charge in [-0.05, 0) is 23.9 Å². The Bertz CT molecular complexity index is 783. The predicted octanol–water partition coefficient (Wildman–Crippen LogP) is 1.74. The van der Waals surface area contributed by atoms with Crippen molar-refractivity contribution in [1.82, 2.24) is 19.3 Å². The van der Waals surface area contributed by atoms with Gasteiger partial charge in [-0.1, -0.05) is 0 Å². The van der Waals surface area contributed by atoms with Crippen LogP contribution in [-0.4, -0.2) is 19.3 Å². The van der Waals surface area contributed by atoms with E-state index in [4.69, 9.17) is 0 Å². The zero-order valence-electron chi connectivity index (χ0n) is 10.8. The maximum Gasteiger partial charge on any atom is 0.271 e. The van der Waals surface area contributed by atoms with Crippen molar-refractivity contribution in [3.8, 4) is 0 Å². The van der Waals surface area contributed by atoms with Crippen LogP contribution in [0.3, 0.4) is 0 Å². The van der Waals surface area contributed by atoms with Crippen LogP contribution in [0.15, 0.2) is 28.8 Å². The molecule has 0 fully saturated rings. The molecule has 0 amide bonds. The minimum atomic E-state index is 0.0465. The highest BCUT2D eigenvalue weighted by Gasteiger charge is 2.08. The van der Waals surface area contributed by atoms with Gasteiger partial charge in [-0.15, -0.1) is 11.3 Å². The number of thiophene rings is 1. The normalized spacial score (nSPS) is 11.3. The third-order valence-electron chi connectivity index (χ3n) is 3.25. The summed E-state index contributed by atoms with van der Waals surface area (Å²) in [5.41, 5.74) is 3.04. The van der Waals surface area contributed by atoms with E-state index in [1.807, 2.05) is 30.1 Å². The molecule has 6 heteroatoms. The average Bonchev–Trinajstić information content (AvgIpc) is 2.96. The molecule has 3 aromatic rings. The molecule has 3 rings (SSSR count). The molecule has 0 N–H and O–H groups in total. The largest absolute Gasteiger partial charge is 0.298 e. The Morgan fingerprint density at radius 3 is 3.00 bits per heavy atom. The monoisotopic (exact) mass is 274 g/mol. The highest BCUT2D eigenvalue weighted by atomic mass is 32.1. The van der Waals surface area contributed by atoms with Crippen molar-refractivity contribution in [2.24, 2.45) is 7.05 Å². The Morgan fingerprint density at radius 1 is 1.42 bits per heavy atom. The third-order valence-corrected chi connectivity index (χ3v) is 4.33. The molecule has 3 aromatic heterocycles. The van der Waals surface area contributed by atoms with E-state index in [9.17, 15) is 4.79 Å². The second-order valence-electron chi connectivity index (χ2n) is 4.54. The Hall–Kier alpha value is -1.95. The van der Waals surface area contributed by atoms with Crippen LogP contribution in [-0.2, 0) is 20.0 Å². The summed E-state index contributed by atoms with van der Waals surface area (Å²) in [7, 11) is 1.90. The Morgan fingerprint density at radius 2 is 2.26 bits per heavy atom. The minimum absolute atomic E-state index is 0.0465. The Balaban J connectivity index is 1.91. The molecule has 0 bridgehead atoms. The van der Waals surface area contributed by atoms with Gasteiger partial charge in [0.2, 0.25) is 0 Å². The molecule has 0 aliphatic rings. The lowest BCUT2D eigenvalue weighted by atomic mass is 10.3. The molecular weight excluding hydrogens is 260 g/mol. The Kier molecular flexibility index (Phi) is 2.94. The summed E-state index contributed by atoms with van der Waals surface area (Å²) >= 11 is 1.47. The summed E-state index contributed by atoms with van der Waals surface area (Å²) < 4.78 is 4.24. The number of hydrogen-bond donors (Lipinski definition) is 0. The van der Waals surface area contributed by atoms with Crippen molar-refractivity contribution in [2.75, 3.05) is 0 Å². The van der Waals surface area contributed by atoms with Gasteiger partial charge in [0.05, 0.1) is 11.8 Å². The molecule has 3 heterocycles. The molecule has 19 heavy (non-hydrogen) atoms. The van der Waals surface area contributed by atoms with E-state index in [0.717, 1.165) is 27.9 Å². The van der Waals surface area contributed by atoms with Gasteiger partial charge in [0.15, 0.2) is 0 Å². The smallest absolute Gasteiger partial charge is 0.271 e. The van der Waals surface area contributed by atoms with Crippen LogP contribution in [0.1, 0.15) is 11.3 Å². The first kappa shape index (κ1) is 12.1. The molecule has 98 valence electrons. The quantitative estimate of drug-likeness (QED) is 0.731. The van der Waals surface area contributed by atoms with E-state index >= 15 is 0 Å². The van der Waals surface area contributed by atoms with Gasteiger partial charge in [0.25, 0.3) is 5.56 Å². The SMILES string of the molecule is Cc1csc2c(=O)n(CCc3ccnn3C)cnc12. The summed E-state index contributed by atoms with van der Waals surface area (Å²) in [6, 6.07) is 1.96.